The molecule has 4 nitrogen and oxygen atoms in total. The van der Waals surface area contributed by atoms with Crippen LogP contribution in [0.1, 0.15) is 36.4 Å². The van der Waals surface area contributed by atoms with E-state index in [-0.39, 0.29) is 18.0 Å². The van der Waals surface area contributed by atoms with E-state index < -0.39 is 23.7 Å². The first kappa shape index (κ1) is 19.0. The van der Waals surface area contributed by atoms with Gasteiger partial charge in [-0.15, -0.1) is 0 Å². The summed E-state index contributed by atoms with van der Waals surface area (Å²) < 4.78 is 40.0. The summed E-state index contributed by atoms with van der Waals surface area (Å²) in [5.41, 5.74) is -0.601. The van der Waals surface area contributed by atoms with Gasteiger partial charge in [-0.25, -0.2) is 0 Å². The third-order valence-corrected chi connectivity index (χ3v) is 4.37. The van der Waals surface area contributed by atoms with Crippen molar-refractivity contribution < 1.29 is 22.8 Å². The largest absolute Gasteiger partial charge is 0.416 e. The van der Waals surface area contributed by atoms with E-state index in [9.17, 15) is 22.8 Å². The van der Waals surface area contributed by atoms with Crippen molar-refractivity contribution in [2.75, 3.05) is 20.1 Å². The minimum atomic E-state index is -4.47. The fourth-order valence-corrected chi connectivity index (χ4v) is 3.13. The lowest BCUT2D eigenvalue weighted by Crippen LogP contribution is -2.45. The smallest absolute Gasteiger partial charge is 0.334 e. The first-order valence-electron chi connectivity index (χ1n) is 8.09. The van der Waals surface area contributed by atoms with Crippen molar-refractivity contribution >= 4 is 11.8 Å². The monoisotopic (exact) mass is 354 g/mol. The molecule has 136 valence electrons. The number of carbonyl (C=O) groups excluding carboxylic acids is 2. The molecule has 0 saturated carbocycles. The van der Waals surface area contributed by atoms with E-state index in [4.69, 9.17) is 0 Å². The Morgan fingerprint density at radius 3 is 2.64 bits per heavy atom. The number of piperidine rings is 1. The first-order valence-corrected chi connectivity index (χ1v) is 8.09. The predicted octanol–water partition coefficient (Wildman–Crippen LogP) is 3.40. The van der Waals surface area contributed by atoms with Crippen molar-refractivity contribution in [3.63, 3.8) is 0 Å². The Balaban J connectivity index is 2.29. The number of nitrogens with zero attached hydrogens (tertiary/aromatic N) is 2. The maximum atomic E-state index is 13.3. The van der Waals surface area contributed by atoms with Crippen molar-refractivity contribution in [3.05, 3.63) is 48.0 Å². The second kappa shape index (κ2) is 7.72. The van der Waals surface area contributed by atoms with Crippen molar-refractivity contribution in [2.45, 2.75) is 31.5 Å². The number of likely N-dealkylation sites (tertiary alicyclic amines) is 1. The van der Waals surface area contributed by atoms with Gasteiger partial charge in [-0.3, -0.25) is 9.59 Å². The molecule has 2 amide bonds. The van der Waals surface area contributed by atoms with Crippen molar-refractivity contribution in [1.82, 2.24) is 9.80 Å². The predicted molar refractivity (Wildman–Crippen MR) is 87.6 cm³/mol. The van der Waals surface area contributed by atoms with E-state index >= 15 is 0 Å². The summed E-state index contributed by atoms with van der Waals surface area (Å²) in [6.45, 7) is 3.56. The zero-order valence-corrected chi connectivity index (χ0v) is 14.1. The van der Waals surface area contributed by atoms with E-state index in [1.54, 1.807) is 6.07 Å². The number of hydrogen-bond donors (Lipinski definition) is 0. The number of hydrogen-bond acceptors (Lipinski definition) is 2. The number of benzene rings is 1. The highest BCUT2D eigenvalue weighted by atomic mass is 19.4. The minimum absolute atomic E-state index is 0.112. The van der Waals surface area contributed by atoms with Crippen LogP contribution in [-0.2, 0) is 15.8 Å². The molecule has 0 aromatic heterocycles. The number of carbonyl (C=O) groups is 2. The zero-order valence-electron chi connectivity index (χ0n) is 14.1. The van der Waals surface area contributed by atoms with E-state index in [1.807, 2.05) is 0 Å². The lowest BCUT2D eigenvalue weighted by Gasteiger charge is -2.38. The number of amides is 2. The average molecular weight is 354 g/mol. The molecule has 1 unspecified atom stereocenters. The molecule has 1 aromatic rings. The molecule has 0 radical (unpaired) electrons. The number of halogens is 3. The molecule has 0 N–H and O–H groups in total. The van der Waals surface area contributed by atoms with Gasteiger partial charge in [-0.05, 0) is 37.0 Å². The van der Waals surface area contributed by atoms with Gasteiger partial charge in [0.15, 0.2) is 0 Å². The molecule has 2 rings (SSSR count). The van der Waals surface area contributed by atoms with Crippen LogP contribution in [0.25, 0.3) is 0 Å². The van der Waals surface area contributed by atoms with Crippen LogP contribution in [0, 0.1) is 0 Å². The van der Waals surface area contributed by atoms with Crippen LogP contribution in [0.5, 0.6) is 0 Å². The highest BCUT2D eigenvalue weighted by molar-refractivity contribution is 5.90. The molecular formula is C18H21F3N2O2. The third kappa shape index (κ3) is 4.41. The van der Waals surface area contributed by atoms with Gasteiger partial charge in [0.25, 0.3) is 0 Å². The Labute approximate surface area is 144 Å². The standard InChI is InChI=1S/C18H21F3N2O2/c1-3-16(24)22(2)12-17(25)23-11-7-6-10-15(23)13-8-4-5-9-14(13)18(19,20)21/h3-5,8-9,15H,1,6-7,10-12H2,2H3. The van der Waals surface area contributed by atoms with Gasteiger partial charge in [0, 0.05) is 13.6 Å². The molecular weight excluding hydrogens is 333 g/mol. The summed E-state index contributed by atoms with van der Waals surface area (Å²) in [6.07, 6.45) is -1.42. The molecule has 1 aromatic carbocycles. The van der Waals surface area contributed by atoms with E-state index in [0.717, 1.165) is 25.0 Å². The second-order valence-electron chi connectivity index (χ2n) is 6.08. The van der Waals surface area contributed by atoms with Crippen LogP contribution in [0.15, 0.2) is 36.9 Å². The fraction of sp³-hybridized carbons (Fsp3) is 0.444. The van der Waals surface area contributed by atoms with Crippen LogP contribution in [0.2, 0.25) is 0 Å². The van der Waals surface area contributed by atoms with Gasteiger partial charge < -0.3 is 9.80 Å². The summed E-state index contributed by atoms with van der Waals surface area (Å²) in [6, 6.07) is 4.73. The van der Waals surface area contributed by atoms with E-state index in [0.29, 0.717) is 13.0 Å². The van der Waals surface area contributed by atoms with Gasteiger partial charge in [-0.1, -0.05) is 24.8 Å². The van der Waals surface area contributed by atoms with E-state index in [1.165, 1.54) is 29.0 Å². The Hall–Kier alpha value is -2.31. The summed E-state index contributed by atoms with van der Waals surface area (Å²) in [5.74, 6) is -0.767. The zero-order chi connectivity index (χ0) is 18.6. The minimum Gasteiger partial charge on any atom is -0.334 e. The van der Waals surface area contributed by atoms with Crippen LogP contribution < -0.4 is 0 Å². The van der Waals surface area contributed by atoms with Crippen LogP contribution in [0.4, 0.5) is 13.2 Å². The lowest BCUT2D eigenvalue weighted by molar-refractivity contribution is -0.143. The lowest BCUT2D eigenvalue weighted by atomic mass is 9.91. The first-order chi connectivity index (χ1) is 11.8. The molecule has 1 saturated heterocycles. The number of alkyl halides is 3. The van der Waals surface area contributed by atoms with Gasteiger partial charge in [0.1, 0.15) is 0 Å². The molecule has 25 heavy (non-hydrogen) atoms. The molecule has 0 aliphatic carbocycles. The number of likely N-dealkylation sites (N-methyl/N-ethyl adjacent to an activating group) is 1. The second-order valence-corrected chi connectivity index (χ2v) is 6.08. The summed E-state index contributed by atoms with van der Waals surface area (Å²) >= 11 is 0. The van der Waals surface area contributed by atoms with Crippen molar-refractivity contribution in [3.8, 4) is 0 Å². The summed E-state index contributed by atoms with van der Waals surface area (Å²) in [7, 11) is 1.46. The quantitative estimate of drug-likeness (QED) is 0.778. The highest BCUT2D eigenvalue weighted by Crippen LogP contribution is 2.39. The van der Waals surface area contributed by atoms with Gasteiger partial charge >= 0.3 is 6.18 Å². The molecule has 0 bridgehead atoms. The molecule has 0 spiro atoms. The Kier molecular flexibility index (Phi) is 5.87. The Morgan fingerprint density at radius 2 is 2.00 bits per heavy atom. The highest BCUT2D eigenvalue weighted by Gasteiger charge is 2.38. The molecule has 1 fully saturated rings. The molecule has 7 heteroatoms. The van der Waals surface area contributed by atoms with Crippen LogP contribution >= 0.6 is 0 Å². The normalized spacial score (nSPS) is 17.9. The number of rotatable bonds is 4. The van der Waals surface area contributed by atoms with Gasteiger partial charge in [-0.2, -0.15) is 13.2 Å². The Bertz CT molecular complexity index is 658. The fourth-order valence-electron chi connectivity index (χ4n) is 3.13. The van der Waals surface area contributed by atoms with E-state index in [2.05, 4.69) is 6.58 Å². The molecule has 1 aliphatic rings. The van der Waals surface area contributed by atoms with Gasteiger partial charge in [0.05, 0.1) is 18.2 Å². The molecule has 1 atom stereocenters. The van der Waals surface area contributed by atoms with Crippen LogP contribution in [0.3, 0.4) is 0 Å². The Morgan fingerprint density at radius 1 is 1.32 bits per heavy atom. The van der Waals surface area contributed by atoms with Crippen LogP contribution in [-0.4, -0.2) is 41.8 Å². The molecule has 1 heterocycles. The maximum Gasteiger partial charge on any atom is 0.416 e. The van der Waals surface area contributed by atoms with Crippen molar-refractivity contribution in [2.24, 2.45) is 0 Å². The SMILES string of the molecule is C=CC(=O)N(C)CC(=O)N1CCCCC1c1ccccc1C(F)(F)F. The average Bonchev–Trinajstić information content (AvgIpc) is 2.60. The third-order valence-electron chi connectivity index (χ3n) is 4.37. The maximum absolute atomic E-state index is 13.3. The molecule has 1 aliphatic heterocycles. The van der Waals surface area contributed by atoms with Gasteiger partial charge in [0.2, 0.25) is 11.8 Å². The summed E-state index contributed by atoms with van der Waals surface area (Å²) in [5, 5.41) is 0. The summed E-state index contributed by atoms with van der Waals surface area (Å²) in [4.78, 5) is 26.8. The topological polar surface area (TPSA) is 40.6 Å². The van der Waals surface area contributed by atoms with Crippen molar-refractivity contribution in [1.29, 1.82) is 0 Å².